The van der Waals surface area contributed by atoms with Crippen molar-refractivity contribution in [3.63, 3.8) is 0 Å². The van der Waals surface area contributed by atoms with Gasteiger partial charge in [-0.1, -0.05) is 32.4 Å². The van der Waals surface area contributed by atoms with Gasteiger partial charge in [0.2, 0.25) is 0 Å². The number of allylic oxidation sites excluding steroid dienone is 3. The molecule has 0 spiro atoms. The number of hydrogen-bond donors (Lipinski definition) is 1. The third kappa shape index (κ3) is 4.89. The molecule has 1 fully saturated rings. The van der Waals surface area contributed by atoms with Gasteiger partial charge in [-0.3, -0.25) is 9.36 Å². The van der Waals surface area contributed by atoms with Gasteiger partial charge in [-0.2, -0.15) is 0 Å². The van der Waals surface area contributed by atoms with Crippen LogP contribution in [0.3, 0.4) is 0 Å². The zero-order valence-corrected chi connectivity index (χ0v) is 20.3. The van der Waals surface area contributed by atoms with Crippen LogP contribution in [0.4, 0.5) is 0 Å². The third-order valence-electron chi connectivity index (χ3n) is 6.41. The van der Waals surface area contributed by atoms with Crippen LogP contribution in [0, 0.1) is 0 Å². The molecule has 0 aromatic heterocycles. The van der Waals surface area contributed by atoms with E-state index in [-0.39, 0.29) is 16.5 Å². The summed E-state index contributed by atoms with van der Waals surface area (Å²) in [6.45, 7) is 6.23. The van der Waals surface area contributed by atoms with Crippen molar-refractivity contribution < 1.29 is 23.5 Å². The average Bonchev–Trinajstić information content (AvgIpc) is 3.26. The fraction of sp³-hybridized carbons (Fsp3) is 0.560. The number of aromatic hydroxyl groups is 1. The second-order valence-electron chi connectivity index (χ2n) is 9.50. The first kappa shape index (κ1) is 24.0. The Kier molecular flexibility index (Phi) is 7.30. The average molecular weight is 447 g/mol. The number of phenolic OH excluding ortho intramolecular Hbond substituents is 1. The van der Waals surface area contributed by atoms with Crippen molar-refractivity contribution >= 4 is 19.5 Å². The lowest BCUT2D eigenvalue weighted by atomic mass is 9.79. The van der Waals surface area contributed by atoms with E-state index >= 15 is 0 Å². The first-order valence-electron chi connectivity index (χ1n) is 11.2. The fourth-order valence-corrected chi connectivity index (χ4v) is 6.19. The van der Waals surface area contributed by atoms with Crippen LogP contribution < -0.4 is 0 Å². The molecule has 0 unspecified atom stereocenters. The highest BCUT2D eigenvalue weighted by molar-refractivity contribution is 7.60. The lowest BCUT2D eigenvalue weighted by Crippen LogP contribution is -2.15. The molecule has 3 rings (SSSR count). The summed E-state index contributed by atoms with van der Waals surface area (Å²) in [5.41, 5.74) is 4.60. The maximum absolute atomic E-state index is 13.3. The summed E-state index contributed by atoms with van der Waals surface area (Å²) in [6, 6.07) is 2.00. The Labute approximate surface area is 186 Å². The molecular formula is C25H35O5P. The second-order valence-corrected chi connectivity index (χ2v) is 11.7. The molecule has 1 saturated carbocycles. The molecule has 1 aromatic carbocycles. The van der Waals surface area contributed by atoms with E-state index in [2.05, 4.69) is 20.8 Å². The topological polar surface area (TPSA) is 72.8 Å². The van der Waals surface area contributed by atoms with Crippen LogP contribution in [0.1, 0.15) is 81.5 Å². The molecule has 6 heteroatoms. The van der Waals surface area contributed by atoms with E-state index in [9.17, 15) is 14.5 Å². The zero-order valence-electron chi connectivity index (χ0n) is 19.4. The first-order valence-corrected chi connectivity index (χ1v) is 12.7. The summed E-state index contributed by atoms with van der Waals surface area (Å²) in [7, 11) is -1.00. The number of carbonyl (C=O) groups excluding carboxylic acids is 1. The molecule has 0 saturated heterocycles. The Bertz CT molecular complexity index is 949. The number of phenols is 1. The number of benzene rings is 1. The highest BCUT2D eigenvalue weighted by Crippen LogP contribution is 2.58. The van der Waals surface area contributed by atoms with Crippen molar-refractivity contribution in [1.82, 2.24) is 0 Å². The summed E-state index contributed by atoms with van der Waals surface area (Å²) >= 11 is 0. The minimum atomic E-state index is -3.65. The molecule has 0 atom stereocenters. The number of rotatable bonds is 6. The van der Waals surface area contributed by atoms with E-state index in [1.165, 1.54) is 20.3 Å². The summed E-state index contributed by atoms with van der Waals surface area (Å²) in [6.07, 6.45) is 10.6. The highest BCUT2D eigenvalue weighted by Gasteiger charge is 2.35. The van der Waals surface area contributed by atoms with Gasteiger partial charge in [0, 0.05) is 19.8 Å². The minimum absolute atomic E-state index is 0.190. The molecular weight excluding hydrogens is 411 g/mol. The Morgan fingerprint density at radius 3 is 2.10 bits per heavy atom. The van der Waals surface area contributed by atoms with Crippen LogP contribution >= 0.6 is 7.60 Å². The summed E-state index contributed by atoms with van der Waals surface area (Å²) < 4.78 is 23.5. The predicted octanol–water partition coefficient (Wildman–Crippen LogP) is 6.46. The molecule has 0 heterocycles. The van der Waals surface area contributed by atoms with Crippen molar-refractivity contribution in [1.29, 1.82) is 0 Å². The van der Waals surface area contributed by atoms with Crippen molar-refractivity contribution in [3.8, 4) is 5.75 Å². The van der Waals surface area contributed by atoms with Gasteiger partial charge >= 0.3 is 7.60 Å². The lowest BCUT2D eigenvalue weighted by molar-refractivity contribution is -0.110. The third-order valence-corrected chi connectivity index (χ3v) is 8.46. The van der Waals surface area contributed by atoms with E-state index in [1.807, 2.05) is 12.1 Å². The Morgan fingerprint density at radius 1 is 1.00 bits per heavy atom. The Balaban J connectivity index is 2.07. The molecule has 31 heavy (non-hydrogen) atoms. The normalized spacial score (nSPS) is 17.3. The molecule has 170 valence electrons. The number of carbonyl (C=O) groups is 1. The van der Waals surface area contributed by atoms with Crippen molar-refractivity contribution in [2.24, 2.45) is 0 Å². The predicted molar refractivity (Wildman–Crippen MR) is 125 cm³/mol. The zero-order chi connectivity index (χ0) is 22.8. The summed E-state index contributed by atoms with van der Waals surface area (Å²) in [4.78, 5) is 13.3. The van der Waals surface area contributed by atoms with Crippen LogP contribution in [-0.4, -0.2) is 25.1 Å². The van der Waals surface area contributed by atoms with Crippen LogP contribution in [0.5, 0.6) is 5.75 Å². The first-order chi connectivity index (χ1) is 14.6. The molecule has 0 amide bonds. The van der Waals surface area contributed by atoms with Gasteiger partial charge in [0.1, 0.15) is 11.1 Å². The van der Waals surface area contributed by atoms with Crippen LogP contribution in [0.25, 0.3) is 6.08 Å². The van der Waals surface area contributed by atoms with E-state index in [4.69, 9.17) is 9.05 Å². The number of ketones is 1. The molecule has 1 N–H and O–H groups in total. The van der Waals surface area contributed by atoms with Gasteiger partial charge in [0.05, 0.1) is 0 Å². The standard InChI is InChI=1S/C25H35O5P/c1-25(2,3)21-16-18(19-12-8-9-13-20(19)23(21)27)14-15-22(26)24(17-10-6-7-11-17)31(28,29-4)30-5/h14-16,27H,6-13H2,1-5H3/b15-14+. The van der Waals surface area contributed by atoms with Crippen LogP contribution in [-0.2, 0) is 36.7 Å². The van der Waals surface area contributed by atoms with Gasteiger partial charge in [-0.25, -0.2) is 0 Å². The maximum Gasteiger partial charge on any atom is 0.364 e. The Morgan fingerprint density at radius 2 is 1.55 bits per heavy atom. The molecule has 1 aromatic rings. The molecule has 2 aliphatic rings. The Hall–Kier alpha value is -1.68. The van der Waals surface area contributed by atoms with E-state index in [1.54, 1.807) is 0 Å². The molecule has 0 radical (unpaired) electrons. The van der Waals surface area contributed by atoms with Gasteiger partial charge in [-0.15, -0.1) is 0 Å². The van der Waals surface area contributed by atoms with Crippen LogP contribution in [0.15, 0.2) is 23.0 Å². The van der Waals surface area contributed by atoms with E-state index in [0.717, 1.165) is 79.2 Å². The maximum atomic E-state index is 13.3. The smallest absolute Gasteiger partial charge is 0.364 e. The monoisotopic (exact) mass is 446 g/mol. The minimum Gasteiger partial charge on any atom is -0.507 e. The van der Waals surface area contributed by atoms with Crippen molar-refractivity contribution in [2.45, 2.75) is 77.6 Å². The number of fused-ring (bicyclic) bond motifs is 1. The van der Waals surface area contributed by atoms with Gasteiger partial charge in [0.25, 0.3) is 0 Å². The highest BCUT2D eigenvalue weighted by atomic mass is 31.2. The van der Waals surface area contributed by atoms with Crippen LogP contribution in [0.2, 0.25) is 0 Å². The molecule has 0 bridgehead atoms. The lowest BCUT2D eigenvalue weighted by Gasteiger charge is -2.27. The molecule has 2 aliphatic carbocycles. The number of hydrogen-bond acceptors (Lipinski definition) is 5. The van der Waals surface area contributed by atoms with Gasteiger partial charge in [-0.05, 0) is 85.6 Å². The van der Waals surface area contributed by atoms with E-state index < -0.39 is 7.60 Å². The molecule has 0 aliphatic heterocycles. The summed E-state index contributed by atoms with van der Waals surface area (Å²) in [5.74, 6) is 0.0709. The van der Waals surface area contributed by atoms with Crippen molar-refractivity contribution in [2.75, 3.05) is 14.2 Å². The van der Waals surface area contributed by atoms with Gasteiger partial charge in [0.15, 0.2) is 5.78 Å². The SMILES string of the molecule is COP(=O)(OC)C(C(=O)/C=C/c1cc(C(C)(C)C)c(O)c2c1CCCC2)=C1CCCC1. The van der Waals surface area contributed by atoms with Crippen molar-refractivity contribution in [3.05, 3.63) is 45.3 Å². The van der Waals surface area contributed by atoms with E-state index in [0.29, 0.717) is 5.75 Å². The largest absolute Gasteiger partial charge is 0.507 e. The van der Waals surface area contributed by atoms with Gasteiger partial charge < -0.3 is 14.2 Å². The second kappa shape index (κ2) is 9.44. The fourth-order valence-electron chi connectivity index (χ4n) is 4.72. The quantitative estimate of drug-likeness (QED) is 0.401. The summed E-state index contributed by atoms with van der Waals surface area (Å²) in [5, 5.41) is 11.1. The molecule has 5 nitrogen and oxygen atoms in total.